The Morgan fingerprint density at radius 3 is 2.57 bits per heavy atom. The lowest BCUT2D eigenvalue weighted by molar-refractivity contribution is -0.144. The molecule has 0 aromatic heterocycles. The van der Waals surface area contributed by atoms with Crippen LogP contribution in [0.1, 0.15) is 78.1 Å². The van der Waals surface area contributed by atoms with Crippen molar-refractivity contribution in [2.24, 2.45) is 40.4 Å². The summed E-state index contributed by atoms with van der Waals surface area (Å²) >= 11 is 1.70. The van der Waals surface area contributed by atoms with Gasteiger partial charge in [-0.2, -0.15) is 11.8 Å². The van der Waals surface area contributed by atoms with Crippen LogP contribution in [0.5, 0.6) is 0 Å². The Kier molecular flexibility index (Phi) is 6.39. The van der Waals surface area contributed by atoms with Crippen LogP contribution in [0, 0.1) is 52.8 Å². The Balaban J connectivity index is 1.46. The Morgan fingerprint density at radius 1 is 1.07 bits per heavy atom. The molecule has 4 aliphatic carbocycles. The normalized spacial score (nSPS) is 47.6. The van der Waals surface area contributed by atoms with Gasteiger partial charge in [0.05, 0.1) is 5.75 Å². The molecule has 0 spiro atoms. The number of ketones is 1. The summed E-state index contributed by atoms with van der Waals surface area (Å²) in [5, 5.41) is 19.7. The van der Waals surface area contributed by atoms with Crippen LogP contribution in [-0.4, -0.2) is 39.7 Å². The van der Waals surface area contributed by atoms with Gasteiger partial charge in [0.2, 0.25) is 0 Å². The molecule has 4 rings (SSSR count). The van der Waals surface area contributed by atoms with Crippen LogP contribution >= 0.6 is 11.8 Å². The number of carbonyl (C=O) groups is 1. The average molecular weight is 433 g/mol. The van der Waals surface area contributed by atoms with Gasteiger partial charge in [-0.1, -0.05) is 19.8 Å². The van der Waals surface area contributed by atoms with Gasteiger partial charge in [-0.3, -0.25) is 4.79 Å². The van der Waals surface area contributed by atoms with Gasteiger partial charge >= 0.3 is 0 Å². The monoisotopic (exact) mass is 432 g/mol. The fraction of sp³-hybridized carbons (Fsp3) is 0.885. The molecule has 0 heterocycles. The van der Waals surface area contributed by atoms with Crippen molar-refractivity contribution in [1.82, 2.24) is 0 Å². The largest absolute Gasteiger partial charge is 0.396 e. The first-order valence-corrected chi connectivity index (χ1v) is 13.3. The van der Waals surface area contributed by atoms with Crippen LogP contribution in [0.25, 0.3) is 0 Å². The van der Waals surface area contributed by atoms with Gasteiger partial charge < -0.3 is 10.2 Å². The summed E-state index contributed by atoms with van der Waals surface area (Å²) in [7, 11) is 0. The van der Waals surface area contributed by atoms with E-state index in [0.29, 0.717) is 28.8 Å². The summed E-state index contributed by atoms with van der Waals surface area (Å²) < 4.78 is 0. The zero-order chi connectivity index (χ0) is 21.6. The third-order valence-electron chi connectivity index (χ3n) is 10.1. The Hall–Kier alpha value is -0.500. The van der Waals surface area contributed by atoms with Crippen LogP contribution < -0.4 is 0 Å². The van der Waals surface area contributed by atoms with Crippen LogP contribution in [0.2, 0.25) is 0 Å². The van der Waals surface area contributed by atoms with E-state index in [1.54, 1.807) is 11.8 Å². The third-order valence-corrected chi connectivity index (χ3v) is 11.1. The summed E-state index contributed by atoms with van der Waals surface area (Å²) in [5.41, 5.74) is -0.415. The molecule has 4 fully saturated rings. The summed E-state index contributed by atoms with van der Waals surface area (Å²) in [5.74, 6) is 7.56. The number of fused-ring (bicyclic) bond motifs is 5. The van der Waals surface area contributed by atoms with E-state index in [2.05, 4.69) is 19.8 Å². The maximum absolute atomic E-state index is 13.1. The van der Waals surface area contributed by atoms with E-state index < -0.39 is 5.60 Å². The molecule has 8 atom stereocenters. The highest BCUT2D eigenvalue weighted by molar-refractivity contribution is 7.99. The molecular formula is C26H40O3S. The first-order valence-electron chi connectivity index (χ1n) is 12.2. The van der Waals surface area contributed by atoms with Gasteiger partial charge in [0.25, 0.3) is 0 Å². The van der Waals surface area contributed by atoms with Crippen LogP contribution in [0.3, 0.4) is 0 Å². The SMILES string of the molecule is C#CC1(O)CC[C@@]2(C)C(CC[C@H]3[C@@H]4CC[C@H](C(=O)CSCCCO)[C@@]4(C)CC[C@@H]32)C1. The molecule has 2 N–H and O–H groups in total. The van der Waals surface area contributed by atoms with Crippen molar-refractivity contribution < 1.29 is 15.0 Å². The molecule has 2 unspecified atom stereocenters. The number of aliphatic hydroxyl groups is 2. The number of hydrogen-bond acceptors (Lipinski definition) is 4. The molecule has 0 bridgehead atoms. The fourth-order valence-corrected chi connectivity index (χ4v) is 9.23. The number of rotatable bonds is 6. The van der Waals surface area contributed by atoms with Crippen molar-refractivity contribution in [2.75, 3.05) is 18.1 Å². The third kappa shape index (κ3) is 3.67. The minimum absolute atomic E-state index is 0.174. The molecule has 168 valence electrons. The smallest absolute Gasteiger partial charge is 0.146 e. The Bertz CT molecular complexity index is 701. The Labute approximate surface area is 187 Å². The summed E-state index contributed by atoms with van der Waals surface area (Å²) in [6.45, 7) is 5.13. The molecule has 30 heavy (non-hydrogen) atoms. The summed E-state index contributed by atoms with van der Waals surface area (Å²) in [6.07, 6.45) is 16.1. The number of terminal acetylenes is 1. The van der Waals surface area contributed by atoms with E-state index in [9.17, 15) is 9.90 Å². The Morgan fingerprint density at radius 2 is 1.83 bits per heavy atom. The lowest BCUT2D eigenvalue weighted by Gasteiger charge is -2.61. The van der Waals surface area contributed by atoms with Crippen LogP contribution in [0.15, 0.2) is 0 Å². The molecular weight excluding hydrogens is 392 g/mol. The van der Waals surface area contributed by atoms with E-state index in [4.69, 9.17) is 11.5 Å². The zero-order valence-electron chi connectivity index (χ0n) is 18.9. The lowest BCUT2D eigenvalue weighted by atomic mass is 9.44. The van der Waals surface area contributed by atoms with Gasteiger partial charge in [-0.05, 0) is 104 Å². The van der Waals surface area contributed by atoms with E-state index >= 15 is 0 Å². The number of Topliss-reactive ketones (excluding diaryl/α,β-unsaturated/α-hetero) is 1. The van der Waals surface area contributed by atoms with E-state index in [-0.39, 0.29) is 17.9 Å². The number of aliphatic hydroxyl groups excluding tert-OH is 1. The number of hydrogen-bond donors (Lipinski definition) is 2. The predicted octanol–water partition coefficient (Wildman–Crippen LogP) is 4.69. The zero-order valence-corrected chi connectivity index (χ0v) is 19.7. The van der Waals surface area contributed by atoms with E-state index in [1.807, 2.05) is 0 Å². The molecule has 0 saturated heterocycles. The van der Waals surface area contributed by atoms with Gasteiger partial charge in [0.15, 0.2) is 0 Å². The highest BCUT2D eigenvalue weighted by Crippen LogP contribution is 2.68. The molecule has 4 saturated carbocycles. The summed E-state index contributed by atoms with van der Waals surface area (Å²) in [6, 6.07) is 0. The number of carbonyl (C=O) groups excluding carboxylic acids is 1. The summed E-state index contributed by atoms with van der Waals surface area (Å²) in [4.78, 5) is 13.1. The minimum atomic E-state index is -0.890. The maximum atomic E-state index is 13.1. The molecule has 4 aliphatic rings. The molecule has 0 aromatic carbocycles. The van der Waals surface area contributed by atoms with Crippen LogP contribution in [-0.2, 0) is 4.79 Å². The average Bonchev–Trinajstić information content (AvgIpc) is 3.09. The van der Waals surface area contributed by atoms with Gasteiger partial charge in [-0.15, -0.1) is 6.42 Å². The molecule has 0 aliphatic heterocycles. The van der Waals surface area contributed by atoms with Gasteiger partial charge in [-0.25, -0.2) is 0 Å². The highest BCUT2D eigenvalue weighted by Gasteiger charge is 2.61. The quantitative estimate of drug-likeness (QED) is 0.472. The van der Waals surface area contributed by atoms with Gasteiger partial charge in [0, 0.05) is 12.5 Å². The molecule has 4 heteroatoms. The topological polar surface area (TPSA) is 57.5 Å². The van der Waals surface area contributed by atoms with Crippen molar-refractivity contribution in [3.63, 3.8) is 0 Å². The van der Waals surface area contributed by atoms with Crippen LogP contribution in [0.4, 0.5) is 0 Å². The second-order valence-corrected chi connectivity index (χ2v) is 12.4. The molecule has 3 nitrogen and oxygen atoms in total. The molecule has 0 aromatic rings. The lowest BCUT2D eigenvalue weighted by Crippen LogP contribution is -2.56. The van der Waals surface area contributed by atoms with Crippen molar-refractivity contribution >= 4 is 17.5 Å². The standard InChI is InChI=1S/C26H40O3S/c1-4-26(29)13-12-24(2)18(16-26)6-7-19-20-8-9-22(23(28)17-30-15-5-14-27)25(20,3)11-10-21(19)24/h1,18-22,27,29H,5-17H2,2-3H3/t18?,19-,20-,21-,22+,24-,25-,26?/m0/s1. The van der Waals surface area contributed by atoms with E-state index in [0.717, 1.165) is 49.7 Å². The van der Waals surface area contributed by atoms with Crippen molar-refractivity contribution in [2.45, 2.75) is 83.7 Å². The fourth-order valence-electron chi connectivity index (χ4n) is 8.35. The van der Waals surface area contributed by atoms with E-state index in [1.165, 1.54) is 32.1 Å². The maximum Gasteiger partial charge on any atom is 0.146 e. The van der Waals surface area contributed by atoms with Crippen molar-refractivity contribution in [3.05, 3.63) is 0 Å². The number of thioether (sulfide) groups is 1. The molecule has 0 radical (unpaired) electrons. The van der Waals surface area contributed by atoms with Crippen molar-refractivity contribution in [1.29, 1.82) is 0 Å². The second kappa shape index (κ2) is 8.45. The highest BCUT2D eigenvalue weighted by atomic mass is 32.2. The first kappa shape index (κ1) is 22.7. The first-order chi connectivity index (χ1) is 14.3. The molecule has 0 amide bonds. The minimum Gasteiger partial charge on any atom is -0.396 e. The second-order valence-electron chi connectivity index (χ2n) is 11.3. The predicted molar refractivity (Wildman–Crippen MR) is 123 cm³/mol. The van der Waals surface area contributed by atoms with Crippen molar-refractivity contribution in [3.8, 4) is 12.3 Å². The van der Waals surface area contributed by atoms with Gasteiger partial charge in [0.1, 0.15) is 11.4 Å².